The van der Waals surface area contributed by atoms with Crippen LogP contribution in [0.1, 0.15) is 40.0 Å². The van der Waals surface area contributed by atoms with Gasteiger partial charge in [0.1, 0.15) is 18.3 Å². The first kappa shape index (κ1) is 14.5. The molecule has 0 saturated carbocycles. The van der Waals surface area contributed by atoms with Gasteiger partial charge in [-0.05, 0) is 20.8 Å². The van der Waals surface area contributed by atoms with Gasteiger partial charge >= 0.3 is 17.9 Å². The molecular weight excluding hydrogens is 240 g/mol. The van der Waals surface area contributed by atoms with E-state index in [2.05, 4.69) is 0 Å². The molecule has 1 rings (SSSR count). The SMILES string of the molecule is CC1CC(=O)OC(C)CC(=O)OC(C)CC(=O)O1. The molecule has 0 amide bonds. The van der Waals surface area contributed by atoms with Crippen molar-refractivity contribution in [1.82, 2.24) is 0 Å². The lowest BCUT2D eigenvalue weighted by Gasteiger charge is -2.20. The summed E-state index contributed by atoms with van der Waals surface area (Å²) < 4.78 is 15.0. The van der Waals surface area contributed by atoms with Crippen LogP contribution in [0.2, 0.25) is 0 Å². The van der Waals surface area contributed by atoms with E-state index >= 15 is 0 Å². The average Bonchev–Trinajstić information content (AvgIpc) is 2.12. The van der Waals surface area contributed by atoms with Crippen molar-refractivity contribution in [2.24, 2.45) is 0 Å². The Balaban J connectivity index is 2.69. The topological polar surface area (TPSA) is 78.9 Å². The van der Waals surface area contributed by atoms with Crippen molar-refractivity contribution in [3.63, 3.8) is 0 Å². The van der Waals surface area contributed by atoms with Gasteiger partial charge in [-0.2, -0.15) is 0 Å². The molecule has 0 aromatic carbocycles. The molecular formula is C12H18O6. The largest absolute Gasteiger partial charge is 0.462 e. The van der Waals surface area contributed by atoms with Crippen LogP contribution in [-0.4, -0.2) is 36.2 Å². The summed E-state index contributed by atoms with van der Waals surface area (Å²) in [5.74, 6) is -1.49. The monoisotopic (exact) mass is 258 g/mol. The number of carbonyl (C=O) groups is 3. The van der Waals surface area contributed by atoms with Gasteiger partial charge in [0, 0.05) is 0 Å². The van der Waals surface area contributed by atoms with E-state index in [0.29, 0.717) is 0 Å². The maximum Gasteiger partial charge on any atom is 0.309 e. The van der Waals surface area contributed by atoms with Gasteiger partial charge in [0.05, 0.1) is 19.3 Å². The maximum atomic E-state index is 11.4. The molecule has 0 aromatic heterocycles. The highest BCUT2D eigenvalue weighted by molar-refractivity contribution is 5.75. The van der Waals surface area contributed by atoms with E-state index in [1.807, 2.05) is 0 Å². The highest BCUT2D eigenvalue weighted by atomic mass is 16.6. The molecule has 1 saturated heterocycles. The van der Waals surface area contributed by atoms with E-state index in [0.717, 1.165) is 0 Å². The predicted octanol–water partition coefficient (Wildman–Crippen LogP) is 0.965. The Labute approximate surface area is 106 Å². The zero-order valence-electron chi connectivity index (χ0n) is 10.8. The molecule has 3 atom stereocenters. The van der Waals surface area contributed by atoms with E-state index < -0.39 is 36.2 Å². The standard InChI is InChI=1S/C12H18O6/c1-7-4-10(13)17-9(3)6-12(15)18-8(2)5-11(14)16-7/h7-9H,4-6H2,1-3H3. The van der Waals surface area contributed by atoms with Crippen LogP contribution in [0.25, 0.3) is 0 Å². The summed E-state index contributed by atoms with van der Waals surface area (Å²) in [5, 5.41) is 0. The molecule has 1 heterocycles. The Hall–Kier alpha value is -1.59. The van der Waals surface area contributed by atoms with Crippen molar-refractivity contribution in [3.05, 3.63) is 0 Å². The number of hydrogen-bond acceptors (Lipinski definition) is 6. The molecule has 6 heteroatoms. The third kappa shape index (κ3) is 5.16. The summed E-state index contributed by atoms with van der Waals surface area (Å²) in [6.07, 6.45) is -1.67. The van der Waals surface area contributed by atoms with Crippen molar-refractivity contribution >= 4 is 17.9 Å². The Morgan fingerprint density at radius 3 is 1.11 bits per heavy atom. The van der Waals surface area contributed by atoms with E-state index in [-0.39, 0.29) is 19.3 Å². The normalized spacial score (nSPS) is 31.5. The van der Waals surface area contributed by atoms with Gasteiger partial charge in [0.2, 0.25) is 0 Å². The summed E-state index contributed by atoms with van der Waals surface area (Å²) >= 11 is 0. The number of esters is 3. The van der Waals surface area contributed by atoms with Crippen LogP contribution in [0.4, 0.5) is 0 Å². The van der Waals surface area contributed by atoms with Gasteiger partial charge in [0.25, 0.3) is 0 Å². The number of carbonyl (C=O) groups excluding carboxylic acids is 3. The molecule has 18 heavy (non-hydrogen) atoms. The maximum absolute atomic E-state index is 11.4. The first-order chi connectivity index (χ1) is 8.36. The van der Waals surface area contributed by atoms with Crippen LogP contribution < -0.4 is 0 Å². The van der Waals surface area contributed by atoms with Crippen molar-refractivity contribution in [3.8, 4) is 0 Å². The molecule has 3 unspecified atom stereocenters. The van der Waals surface area contributed by atoms with Crippen LogP contribution in [0.5, 0.6) is 0 Å². The minimum atomic E-state index is -0.542. The van der Waals surface area contributed by atoms with Crippen LogP contribution >= 0.6 is 0 Å². The predicted molar refractivity (Wildman–Crippen MR) is 60.5 cm³/mol. The molecule has 0 aliphatic carbocycles. The second-order valence-corrected chi connectivity index (χ2v) is 4.51. The fraction of sp³-hybridized carbons (Fsp3) is 0.750. The Bertz CT molecular complexity index is 261. The molecule has 102 valence electrons. The zero-order valence-corrected chi connectivity index (χ0v) is 10.8. The summed E-state index contributed by atoms with van der Waals surface area (Å²) in [6, 6.07) is 0. The lowest BCUT2D eigenvalue weighted by atomic mass is 10.2. The number of rotatable bonds is 0. The Morgan fingerprint density at radius 2 is 0.889 bits per heavy atom. The lowest BCUT2D eigenvalue weighted by Crippen LogP contribution is -2.29. The molecule has 1 aliphatic heterocycles. The number of ether oxygens (including phenoxy) is 3. The molecule has 0 aromatic rings. The Morgan fingerprint density at radius 1 is 0.667 bits per heavy atom. The van der Waals surface area contributed by atoms with Gasteiger partial charge in [-0.1, -0.05) is 0 Å². The second kappa shape index (κ2) is 6.37. The van der Waals surface area contributed by atoms with Gasteiger partial charge in [-0.25, -0.2) is 0 Å². The fourth-order valence-corrected chi connectivity index (χ4v) is 1.65. The molecule has 0 radical (unpaired) electrons. The number of cyclic esters (lactones) is 3. The first-order valence-electron chi connectivity index (χ1n) is 5.95. The first-order valence-corrected chi connectivity index (χ1v) is 5.95. The van der Waals surface area contributed by atoms with E-state index in [9.17, 15) is 14.4 Å². The fourth-order valence-electron chi connectivity index (χ4n) is 1.65. The quantitative estimate of drug-likeness (QED) is 0.476. The molecule has 0 spiro atoms. The van der Waals surface area contributed by atoms with Crippen molar-refractivity contribution < 1.29 is 28.6 Å². The average molecular weight is 258 g/mol. The summed E-state index contributed by atoms with van der Waals surface area (Å²) in [5.41, 5.74) is 0. The second-order valence-electron chi connectivity index (χ2n) is 4.51. The van der Waals surface area contributed by atoms with E-state index in [1.54, 1.807) is 20.8 Å². The van der Waals surface area contributed by atoms with Crippen LogP contribution in [0.3, 0.4) is 0 Å². The minimum Gasteiger partial charge on any atom is -0.462 e. The third-order valence-electron chi connectivity index (χ3n) is 2.36. The summed E-state index contributed by atoms with van der Waals surface area (Å²) in [6.45, 7) is 4.85. The van der Waals surface area contributed by atoms with Crippen LogP contribution in [-0.2, 0) is 28.6 Å². The van der Waals surface area contributed by atoms with Gasteiger partial charge in [-0.15, -0.1) is 0 Å². The highest BCUT2D eigenvalue weighted by Gasteiger charge is 2.23. The molecule has 1 aliphatic rings. The van der Waals surface area contributed by atoms with Crippen molar-refractivity contribution in [1.29, 1.82) is 0 Å². The summed E-state index contributed by atoms with van der Waals surface area (Å²) in [7, 11) is 0. The van der Waals surface area contributed by atoms with Gasteiger partial charge in [0.15, 0.2) is 0 Å². The molecule has 0 bridgehead atoms. The van der Waals surface area contributed by atoms with Crippen LogP contribution in [0, 0.1) is 0 Å². The third-order valence-corrected chi connectivity index (χ3v) is 2.36. The van der Waals surface area contributed by atoms with Crippen molar-refractivity contribution in [2.45, 2.75) is 58.3 Å². The molecule has 1 fully saturated rings. The minimum absolute atomic E-state index is 0.0144. The highest BCUT2D eigenvalue weighted by Crippen LogP contribution is 2.11. The lowest BCUT2D eigenvalue weighted by molar-refractivity contribution is -0.165. The van der Waals surface area contributed by atoms with E-state index in [4.69, 9.17) is 14.2 Å². The molecule has 6 nitrogen and oxygen atoms in total. The summed E-state index contributed by atoms with van der Waals surface area (Å²) in [4.78, 5) is 34.3. The number of hydrogen-bond donors (Lipinski definition) is 0. The smallest absolute Gasteiger partial charge is 0.309 e. The van der Waals surface area contributed by atoms with Crippen LogP contribution in [0.15, 0.2) is 0 Å². The molecule has 0 N–H and O–H groups in total. The van der Waals surface area contributed by atoms with E-state index in [1.165, 1.54) is 0 Å². The zero-order chi connectivity index (χ0) is 13.7. The Kier molecular flexibility index (Phi) is 5.12. The van der Waals surface area contributed by atoms with Gasteiger partial charge < -0.3 is 14.2 Å². The van der Waals surface area contributed by atoms with Crippen molar-refractivity contribution in [2.75, 3.05) is 0 Å². The van der Waals surface area contributed by atoms with Gasteiger partial charge in [-0.3, -0.25) is 14.4 Å².